The molecule has 0 heterocycles. The minimum absolute atomic E-state index is 0.0880. The maximum Gasteiger partial charge on any atom is 0.241 e. The fourth-order valence-corrected chi connectivity index (χ4v) is 3.60. The Morgan fingerprint density at radius 2 is 1.74 bits per heavy atom. The molecule has 2 aromatic carbocycles. The summed E-state index contributed by atoms with van der Waals surface area (Å²) in [5.74, 6) is -0.0979. The summed E-state index contributed by atoms with van der Waals surface area (Å²) in [5.41, 5.74) is 5.97. The van der Waals surface area contributed by atoms with Gasteiger partial charge in [-0.25, -0.2) is 8.42 Å². The first-order valence-electron chi connectivity index (χ1n) is 9.92. The molecule has 0 bridgehead atoms. The van der Waals surface area contributed by atoms with E-state index in [1.165, 1.54) is 12.1 Å². The van der Waals surface area contributed by atoms with E-state index >= 15 is 0 Å². The van der Waals surface area contributed by atoms with Crippen molar-refractivity contribution in [1.82, 2.24) is 4.90 Å². The van der Waals surface area contributed by atoms with Crippen LogP contribution in [0.1, 0.15) is 12.8 Å². The van der Waals surface area contributed by atoms with Crippen molar-refractivity contribution in [2.24, 2.45) is 5.73 Å². The Balaban J connectivity index is 1.84. The number of carbonyl (C=O) groups excluding carboxylic acids is 2. The van der Waals surface area contributed by atoms with Gasteiger partial charge in [0.2, 0.25) is 11.8 Å². The zero-order valence-electron chi connectivity index (χ0n) is 17.9. The first kappa shape index (κ1) is 24.4. The topological polar surface area (TPSA) is 110 Å². The predicted octanol–water partition coefficient (Wildman–Crippen LogP) is 1.70. The summed E-state index contributed by atoms with van der Waals surface area (Å²) < 4.78 is 28.9. The minimum Gasteiger partial charge on any atom is -0.494 e. The molecule has 2 N–H and O–H groups in total. The van der Waals surface area contributed by atoms with E-state index in [1.54, 1.807) is 17.0 Å². The van der Waals surface area contributed by atoms with Crippen LogP contribution in [-0.2, 0) is 19.4 Å². The fourth-order valence-electron chi connectivity index (χ4n) is 2.94. The van der Waals surface area contributed by atoms with E-state index in [2.05, 4.69) is 0 Å². The van der Waals surface area contributed by atoms with Gasteiger partial charge in [0.15, 0.2) is 9.84 Å². The molecule has 0 unspecified atom stereocenters. The third-order valence-electron chi connectivity index (χ3n) is 4.54. The molecule has 0 aliphatic carbocycles. The standard InChI is InChI=1S/C22H29N3O5S/c1-24(13-7-15-30-19-10-6-11-20(16-19)31(2,28)29)17-22(27)25(14-12-21(23)26)18-8-4-3-5-9-18/h3-6,8-11,16H,7,12-15,17H2,1-2H3,(H2,23,26). The lowest BCUT2D eigenvalue weighted by Gasteiger charge is -2.25. The van der Waals surface area contributed by atoms with Crippen molar-refractivity contribution >= 4 is 27.3 Å². The number of rotatable bonds is 12. The van der Waals surface area contributed by atoms with Crippen LogP contribution < -0.4 is 15.4 Å². The van der Waals surface area contributed by atoms with E-state index in [-0.39, 0.29) is 30.3 Å². The molecule has 2 rings (SSSR count). The third-order valence-corrected chi connectivity index (χ3v) is 5.65. The van der Waals surface area contributed by atoms with E-state index in [0.717, 1.165) is 11.9 Å². The highest BCUT2D eigenvalue weighted by Gasteiger charge is 2.18. The lowest BCUT2D eigenvalue weighted by molar-refractivity contribution is -0.119. The van der Waals surface area contributed by atoms with Crippen LogP contribution >= 0.6 is 0 Å². The molecular weight excluding hydrogens is 418 g/mol. The number of primary amides is 1. The second kappa shape index (κ2) is 11.5. The van der Waals surface area contributed by atoms with Crippen LogP contribution in [0.3, 0.4) is 0 Å². The highest BCUT2D eigenvalue weighted by Crippen LogP contribution is 2.18. The van der Waals surface area contributed by atoms with Crippen LogP contribution in [0, 0.1) is 0 Å². The van der Waals surface area contributed by atoms with Crippen LogP contribution in [0.4, 0.5) is 5.69 Å². The Kier molecular flexibility index (Phi) is 9.02. The first-order chi connectivity index (χ1) is 14.7. The second-order valence-corrected chi connectivity index (χ2v) is 9.30. The molecule has 0 aromatic heterocycles. The van der Waals surface area contributed by atoms with Crippen molar-refractivity contribution in [3.8, 4) is 5.75 Å². The smallest absolute Gasteiger partial charge is 0.241 e. The molecule has 0 spiro atoms. The summed E-state index contributed by atoms with van der Waals surface area (Å²) in [6.45, 7) is 1.40. The van der Waals surface area contributed by atoms with E-state index in [9.17, 15) is 18.0 Å². The van der Waals surface area contributed by atoms with E-state index < -0.39 is 15.7 Å². The molecule has 9 heteroatoms. The Morgan fingerprint density at radius 1 is 1.03 bits per heavy atom. The van der Waals surface area contributed by atoms with Gasteiger partial charge in [-0.1, -0.05) is 24.3 Å². The van der Waals surface area contributed by atoms with Crippen LogP contribution in [0.15, 0.2) is 59.5 Å². The number of hydrogen-bond acceptors (Lipinski definition) is 6. The number of likely N-dealkylation sites (N-methyl/N-ethyl adjacent to an activating group) is 1. The number of carbonyl (C=O) groups is 2. The highest BCUT2D eigenvalue weighted by atomic mass is 32.2. The number of amides is 2. The number of anilines is 1. The van der Waals surface area contributed by atoms with Crippen LogP contribution in [0.5, 0.6) is 5.75 Å². The number of hydrogen-bond donors (Lipinski definition) is 1. The predicted molar refractivity (Wildman–Crippen MR) is 120 cm³/mol. The summed E-state index contributed by atoms with van der Waals surface area (Å²) in [5, 5.41) is 0. The number of benzene rings is 2. The number of nitrogens with zero attached hydrogens (tertiary/aromatic N) is 2. The Bertz CT molecular complexity index is 980. The summed E-state index contributed by atoms with van der Waals surface area (Å²) in [7, 11) is -1.45. The van der Waals surface area contributed by atoms with Crippen LogP contribution in [0.2, 0.25) is 0 Å². The Morgan fingerprint density at radius 3 is 2.39 bits per heavy atom. The maximum atomic E-state index is 12.8. The van der Waals surface area contributed by atoms with E-state index in [4.69, 9.17) is 10.5 Å². The van der Waals surface area contributed by atoms with Crippen molar-refractivity contribution in [1.29, 1.82) is 0 Å². The van der Waals surface area contributed by atoms with Gasteiger partial charge in [-0.05, 0) is 43.8 Å². The number of ether oxygens (including phenoxy) is 1. The molecular formula is C22H29N3O5S. The summed E-state index contributed by atoms with van der Waals surface area (Å²) in [6, 6.07) is 15.5. The summed E-state index contributed by atoms with van der Waals surface area (Å²) in [4.78, 5) is 27.6. The maximum absolute atomic E-state index is 12.8. The van der Waals surface area contributed by atoms with Crippen molar-refractivity contribution in [2.75, 3.05) is 44.4 Å². The van der Waals surface area contributed by atoms with Gasteiger partial charge in [-0.15, -0.1) is 0 Å². The molecule has 0 aliphatic heterocycles. The number of para-hydroxylation sites is 1. The molecule has 0 saturated heterocycles. The molecule has 8 nitrogen and oxygen atoms in total. The normalized spacial score (nSPS) is 11.3. The minimum atomic E-state index is -3.28. The summed E-state index contributed by atoms with van der Waals surface area (Å²) in [6.07, 6.45) is 1.89. The third kappa shape index (κ3) is 8.39. The lowest BCUT2D eigenvalue weighted by Crippen LogP contribution is -2.41. The fraction of sp³-hybridized carbons (Fsp3) is 0.364. The van der Waals surface area contributed by atoms with Crippen molar-refractivity contribution in [2.45, 2.75) is 17.7 Å². The zero-order chi connectivity index (χ0) is 22.9. The monoisotopic (exact) mass is 447 g/mol. The van der Waals surface area contributed by atoms with E-state index in [1.807, 2.05) is 42.3 Å². The first-order valence-corrected chi connectivity index (χ1v) is 11.8. The largest absolute Gasteiger partial charge is 0.494 e. The van der Waals surface area contributed by atoms with Crippen molar-refractivity contribution in [3.05, 3.63) is 54.6 Å². The van der Waals surface area contributed by atoms with Gasteiger partial charge in [0, 0.05) is 31.5 Å². The Labute approximate surface area is 183 Å². The van der Waals surface area contributed by atoms with Gasteiger partial charge in [0.25, 0.3) is 0 Å². The quantitative estimate of drug-likeness (QED) is 0.496. The van der Waals surface area contributed by atoms with Gasteiger partial charge in [0.1, 0.15) is 5.75 Å². The molecule has 2 amide bonds. The number of nitrogens with two attached hydrogens (primary N) is 1. The molecule has 0 aliphatic rings. The van der Waals surface area contributed by atoms with Gasteiger partial charge >= 0.3 is 0 Å². The summed E-state index contributed by atoms with van der Waals surface area (Å²) >= 11 is 0. The molecule has 31 heavy (non-hydrogen) atoms. The van der Waals surface area contributed by atoms with Crippen molar-refractivity contribution < 1.29 is 22.7 Å². The highest BCUT2D eigenvalue weighted by molar-refractivity contribution is 7.90. The molecule has 0 atom stereocenters. The lowest BCUT2D eigenvalue weighted by atomic mass is 10.2. The van der Waals surface area contributed by atoms with Gasteiger partial charge in [-0.3, -0.25) is 14.5 Å². The average molecular weight is 448 g/mol. The van der Waals surface area contributed by atoms with Crippen molar-refractivity contribution in [3.63, 3.8) is 0 Å². The Hall–Kier alpha value is -2.91. The van der Waals surface area contributed by atoms with Crippen LogP contribution in [-0.4, -0.2) is 64.7 Å². The van der Waals surface area contributed by atoms with Gasteiger partial charge in [0.05, 0.1) is 18.0 Å². The van der Waals surface area contributed by atoms with Crippen LogP contribution in [0.25, 0.3) is 0 Å². The van der Waals surface area contributed by atoms with E-state index in [0.29, 0.717) is 25.3 Å². The average Bonchev–Trinajstić information content (AvgIpc) is 2.71. The van der Waals surface area contributed by atoms with Gasteiger partial charge < -0.3 is 15.4 Å². The molecule has 0 fully saturated rings. The SMILES string of the molecule is CN(CCCOc1cccc(S(C)(=O)=O)c1)CC(=O)N(CCC(N)=O)c1ccccc1. The second-order valence-electron chi connectivity index (χ2n) is 7.28. The molecule has 0 saturated carbocycles. The molecule has 0 radical (unpaired) electrons. The zero-order valence-corrected chi connectivity index (χ0v) is 18.7. The molecule has 168 valence electrons. The van der Waals surface area contributed by atoms with Gasteiger partial charge in [-0.2, -0.15) is 0 Å². The molecule has 2 aromatic rings. The number of sulfone groups is 1.